The monoisotopic (exact) mass is 476 g/mol. The summed E-state index contributed by atoms with van der Waals surface area (Å²) in [6, 6.07) is 11.5. The van der Waals surface area contributed by atoms with Gasteiger partial charge in [0, 0.05) is 5.56 Å². The lowest BCUT2D eigenvalue weighted by Gasteiger charge is -2.09. The zero-order valence-electron chi connectivity index (χ0n) is 20.7. The topological polar surface area (TPSA) is 102 Å². The number of aromatic nitrogens is 4. The van der Waals surface area contributed by atoms with Crippen LogP contribution < -0.4 is 9.47 Å². The molecule has 35 heavy (non-hydrogen) atoms. The Labute approximate surface area is 203 Å². The lowest BCUT2D eigenvalue weighted by atomic mass is 10.1. The molecule has 0 saturated heterocycles. The van der Waals surface area contributed by atoms with E-state index in [2.05, 4.69) is 21.4 Å². The predicted molar refractivity (Wildman–Crippen MR) is 129 cm³/mol. The molecule has 4 aromatic rings. The van der Waals surface area contributed by atoms with Gasteiger partial charge in [-0.1, -0.05) is 11.3 Å². The summed E-state index contributed by atoms with van der Waals surface area (Å²) in [6.07, 6.45) is 0. The minimum absolute atomic E-state index is 0.0574. The van der Waals surface area contributed by atoms with Crippen molar-refractivity contribution in [2.45, 2.75) is 41.2 Å². The van der Waals surface area contributed by atoms with Crippen LogP contribution in [0.15, 0.2) is 40.8 Å². The van der Waals surface area contributed by atoms with Crippen molar-refractivity contribution in [3.05, 3.63) is 70.4 Å². The molecule has 4 rings (SSSR count). The van der Waals surface area contributed by atoms with Crippen molar-refractivity contribution >= 4 is 5.97 Å². The standard InChI is InChI=1S/C26H28N4O5/c1-7-33-22-9-8-19(13-23(22)32-6)25-27-21(18(5)35-25)14-34-26(31)24-17(4)30(29-28-24)20-11-15(2)10-16(3)12-20/h8-13H,7,14H2,1-6H3. The molecule has 2 aromatic heterocycles. The largest absolute Gasteiger partial charge is 0.493 e. The summed E-state index contributed by atoms with van der Waals surface area (Å²) in [5.74, 6) is 1.59. The van der Waals surface area contributed by atoms with E-state index in [1.807, 2.05) is 39.0 Å². The first-order valence-electron chi connectivity index (χ1n) is 11.3. The molecule has 0 saturated carbocycles. The molecule has 0 fully saturated rings. The third-order valence-electron chi connectivity index (χ3n) is 5.48. The predicted octanol–water partition coefficient (Wildman–Crippen LogP) is 4.92. The summed E-state index contributed by atoms with van der Waals surface area (Å²) in [4.78, 5) is 17.3. The van der Waals surface area contributed by atoms with Crippen molar-refractivity contribution in [1.82, 2.24) is 20.0 Å². The molecule has 182 valence electrons. The van der Waals surface area contributed by atoms with E-state index in [0.717, 1.165) is 22.4 Å². The second kappa shape index (κ2) is 10.0. The fourth-order valence-corrected chi connectivity index (χ4v) is 3.80. The number of hydrogen-bond donors (Lipinski definition) is 0. The van der Waals surface area contributed by atoms with Crippen LogP contribution in [-0.2, 0) is 11.3 Å². The highest BCUT2D eigenvalue weighted by molar-refractivity contribution is 5.88. The highest BCUT2D eigenvalue weighted by atomic mass is 16.5. The SMILES string of the molecule is CCOc1ccc(-c2nc(COC(=O)c3nnn(-c4cc(C)cc(C)c4)c3C)c(C)o2)cc1OC. The van der Waals surface area contributed by atoms with Crippen molar-refractivity contribution < 1.29 is 23.4 Å². The zero-order chi connectivity index (χ0) is 25.1. The van der Waals surface area contributed by atoms with Crippen LogP contribution in [0.1, 0.15) is 45.7 Å². The van der Waals surface area contributed by atoms with Gasteiger partial charge >= 0.3 is 5.97 Å². The number of carbonyl (C=O) groups excluding carboxylic acids is 1. The number of carbonyl (C=O) groups is 1. The normalized spacial score (nSPS) is 10.9. The maximum Gasteiger partial charge on any atom is 0.361 e. The van der Waals surface area contributed by atoms with Gasteiger partial charge in [-0.2, -0.15) is 0 Å². The number of benzene rings is 2. The summed E-state index contributed by atoms with van der Waals surface area (Å²) in [5, 5.41) is 8.20. The van der Waals surface area contributed by atoms with Crippen LogP contribution in [0.2, 0.25) is 0 Å². The van der Waals surface area contributed by atoms with E-state index in [1.165, 1.54) is 0 Å². The molecule has 0 aliphatic rings. The first-order chi connectivity index (χ1) is 16.8. The summed E-state index contributed by atoms with van der Waals surface area (Å²) in [7, 11) is 1.58. The highest BCUT2D eigenvalue weighted by Crippen LogP contribution is 2.33. The Balaban J connectivity index is 1.49. The second-order valence-corrected chi connectivity index (χ2v) is 8.18. The zero-order valence-corrected chi connectivity index (χ0v) is 20.7. The lowest BCUT2D eigenvalue weighted by molar-refractivity contribution is 0.0459. The maximum atomic E-state index is 12.8. The molecule has 0 N–H and O–H groups in total. The molecule has 0 atom stereocenters. The molecule has 0 unspecified atom stereocenters. The number of nitrogens with zero attached hydrogens (tertiary/aromatic N) is 4. The molecule has 0 aliphatic heterocycles. The van der Waals surface area contributed by atoms with Gasteiger partial charge in [0.2, 0.25) is 5.89 Å². The van der Waals surface area contributed by atoms with Crippen LogP contribution in [0.3, 0.4) is 0 Å². The molecule has 0 bridgehead atoms. The van der Waals surface area contributed by atoms with Crippen molar-refractivity contribution in [3.8, 4) is 28.6 Å². The number of rotatable bonds is 8. The smallest absolute Gasteiger partial charge is 0.361 e. The first-order valence-corrected chi connectivity index (χ1v) is 11.3. The summed E-state index contributed by atoms with van der Waals surface area (Å²) in [5.41, 5.74) is 5.02. The van der Waals surface area contributed by atoms with Gasteiger partial charge in [-0.3, -0.25) is 0 Å². The van der Waals surface area contributed by atoms with E-state index in [-0.39, 0.29) is 12.3 Å². The van der Waals surface area contributed by atoms with Crippen LogP contribution in [0.5, 0.6) is 11.5 Å². The Morgan fingerprint density at radius 2 is 1.77 bits per heavy atom. The Bertz CT molecular complexity index is 1350. The fraction of sp³-hybridized carbons (Fsp3) is 0.308. The Kier molecular flexibility index (Phi) is 6.86. The second-order valence-electron chi connectivity index (χ2n) is 8.18. The van der Waals surface area contributed by atoms with Gasteiger partial charge in [-0.05, 0) is 76.1 Å². The number of hydrogen-bond acceptors (Lipinski definition) is 8. The van der Waals surface area contributed by atoms with Crippen LogP contribution >= 0.6 is 0 Å². The van der Waals surface area contributed by atoms with Crippen molar-refractivity contribution in [2.24, 2.45) is 0 Å². The van der Waals surface area contributed by atoms with E-state index in [9.17, 15) is 4.79 Å². The van der Waals surface area contributed by atoms with Crippen LogP contribution in [0.4, 0.5) is 0 Å². The molecule has 0 spiro atoms. The molecular weight excluding hydrogens is 448 g/mol. The van der Waals surface area contributed by atoms with E-state index < -0.39 is 5.97 Å². The summed E-state index contributed by atoms with van der Waals surface area (Å²) < 4.78 is 23.9. The fourth-order valence-electron chi connectivity index (χ4n) is 3.80. The number of esters is 1. The third kappa shape index (κ3) is 5.03. The average molecular weight is 477 g/mol. The van der Waals surface area contributed by atoms with E-state index in [4.69, 9.17) is 18.6 Å². The number of oxazole rings is 1. The third-order valence-corrected chi connectivity index (χ3v) is 5.48. The Hall–Kier alpha value is -4.14. The number of methoxy groups -OCH3 is 1. The number of ether oxygens (including phenoxy) is 3. The van der Waals surface area contributed by atoms with E-state index >= 15 is 0 Å². The minimum Gasteiger partial charge on any atom is -0.493 e. The van der Waals surface area contributed by atoms with Crippen LogP contribution in [0, 0.1) is 27.7 Å². The Morgan fingerprint density at radius 1 is 1.03 bits per heavy atom. The van der Waals surface area contributed by atoms with Crippen molar-refractivity contribution in [2.75, 3.05) is 13.7 Å². The molecule has 0 aliphatic carbocycles. The maximum absolute atomic E-state index is 12.8. The molecule has 2 aromatic carbocycles. The lowest BCUT2D eigenvalue weighted by Crippen LogP contribution is -2.09. The highest BCUT2D eigenvalue weighted by Gasteiger charge is 2.21. The molecule has 2 heterocycles. The van der Waals surface area contributed by atoms with Gasteiger partial charge in [-0.25, -0.2) is 14.5 Å². The summed E-state index contributed by atoms with van der Waals surface area (Å²) in [6.45, 7) is 9.95. The average Bonchev–Trinajstić information content (AvgIpc) is 3.39. The van der Waals surface area contributed by atoms with Crippen LogP contribution in [-0.4, -0.2) is 39.7 Å². The van der Waals surface area contributed by atoms with Crippen molar-refractivity contribution in [3.63, 3.8) is 0 Å². The van der Waals surface area contributed by atoms with Gasteiger partial charge in [0.05, 0.1) is 25.1 Å². The Morgan fingerprint density at radius 3 is 2.46 bits per heavy atom. The minimum atomic E-state index is -0.579. The van der Waals surface area contributed by atoms with Gasteiger partial charge in [0.15, 0.2) is 17.2 Å². The molecule has 0 amide bonds. The quantitative estimate of drug-likeness (QED) is 0.330. The van der Waals surface area contributed by atoms with Gasteiger partial charge < -0.3 is 18.6 Å². The first kappa shape index (κ1) is 24.0. The molecular formula is C26H28N4O5. The van der Waals surface area contributed by atoms with Gasteiger partial charge in [0.25, 0.3) is 0 Å². The number of aryl methyl sites for hydroxylation is 3. The van der Waals surface area contributed by atoms with E-state index in [1.54, 1.807) is 37.8 Å². The van der Waals surface area contributed by atoms with Gasteiger partial charge in [0.1, 0.15) is 18.1 Å². The molecule has 0 radical (unpaired) electrons. The molecule has 9 nitrogen and oxygen atoms in total. The summed E-state index contributed by atoms with van der Waals surface area (Å²) >= 11 is 0. The van der Waals surface area contributed by atoms with Gasteiger partial charge in [-0.15, -0.1) is 5.10 Å². The van der Waals surface area contributed by atoms with E-state index in [0.29, 0.717) is 41.1 Å². The molecule has 9 heteroatoms. The van der Waals surface area contributed by atoms with Crippen LogP contribution in [0.25, 0.3) is 17.1 Å². The van der Waals surface area contributed by atoms with Crippen molar-refractivity contribution in [1.29, 1.82) is 0 Å².